The van der Waals surface area contributed by atoms with Gasteiger partial charge in [0.2, 0.25) is 10.0 Å². The molecule has 20 heavy (non-hydrogen) atoms. The van der Waals surface area contributed by atoms with Gasteiger partial charge in [-0.05, 0) is 42.8 Å². The molecule has 1 heterocycles. The number of sulfonamides is 1. The third-order valence-electron chi connectivity index (χ3n) is 2.85. The summed E-state index contributed by atoms with van der Waals surface area (Å²) in [5, 5.41) is 0.450. The van der Waals surface area contributed by atoms with Crippen molar-refractivity contribution in [2.75, 3.05) is 0 Å². The summed E-state index contributed by atoms with van der Waals surface area (Å²) in [6.07, 6.45) is 1.49. The molecule has 0 amide bonds. The molecule has 0 aliphatic carbocycles. The number of nitrogens with two attached hydrogens (primary N) is 1. The summed E-state index contributed by atoms with van der Waals surface area (Å²) < 4.78 is 32.3. The van der Waals surface area contributed by atoms with Gasteiger partial charge >= 0.3 is 0 Å². The van der Waals surface area contributed by atoms with Crippen molar-refractivity contribution in [1.82, 2.24) is 4.72 Å². The maximum Gasteiger partial charge on any atom is 0.241 e. The summed E-state index contributed by atoms with van der Waals surface area (Å²) in [5.41, 5.74) is 6.11. The standard InChI is InChI=1S/C13H15ClN2O3S/c1-9(13-3-2-6-19-13)16-20(17,18)11-4-5-12(14)10(7-11)8-15/h2-7,9,16H,8,15H2,1H3. The summed E-state index contributed by atoms with van der Waals surface area (Å²) in [4.78, 5) is 0.126. The van der Waals surface area contributed by atoms with Crippen molar-refractivity contribution in [1.29, 1.82) is 0 Å². The molecular formula is C13H15ClN2O3S. The largest absolute Gasteiger partial charge is 0.468 e. The molecular weight excluding hydrogens is 300 g/mol. The first-order valence-corrected chi connectivity index (χ1v) is 7.84. The lowest BCUT2D eigenvalue weighted by Crippen LogP contribution is -2.26. The summed E-state index contributed by atoms with van der Waals surface area (Å²) >= 11 is 5.92. The van der Waals surface area contributed by atoms with E-state index in [9.17, 15) is 8.42 Å². The molecule has 5 nitrogen and oxygen atoms in total. The van der Waals surface area contributed by atoms with Crippen LogP contribution in [0, 0.1) is 0 Å². The van der Waals surface area contributed by atoms with E-state index in [0.29, 0.717) is 16.3 Å². The Labute approximate surface area is 122 Å². The number of benzene rings is 1. The minimum atomic E-state index is -3.66. The molecule has 3 N–H and O–H groups in total. The van der Waals surface area contributed by atoms with Gasteiger partial charge in [-0.1, -0.05) is 11.6 Å². The Morgan fingerprint density at radius 3 is 2.75 bits per heavy atom. The number of hydrogen-bond acceptors (Lipinski definition) is 4. The van der Waals surface area contributed by atoms with Crippen LogP contribution in [-0.2, 0) is 16.6 Å². The molecule has 0 bridgehead atoms. The first kappa shape index (κ1) is 15.1. The predicted octanol–water partition coefficient (Wildman–Crippen LogP) is 2.43. The smallest absolute Gasteiger partial charge is 0.241 e. The highest BCUT2D eigenvalue weighted by atomic mass is 35.5. The fourth-order valence-electron chi connectivity index (χ4n) is 1.77. The Morgan fingerprint density at radius 2 is 2.15 bits per heavy atom. The summed E-state index contributed by atoms with van der Waals surface area (Å²) in [6, 6.07) is 7.38. The zero-order valence-corrected chi connectivity index (χ0v) is 12.4. The summed E-state index contributed by atoms with van der Waals surface area (Å²) in [7, 11) is -3.66. The Hall–Kier alpha value is -1.34. The molecule has 1 aromatic carbocycles. The maximum absolute atomic E-state index is 12.3. The number of rotatable bonds is 5. The average molecular weight is 315 g/mol. The van der Waals surface area contributed by atoms with Crippen molar-refractivity contribution >= 4 is 21.6 Å². The molecule has 2 aromatic rings. The quantitative estimate of drug-likeness (QED) is 0.887. The lowest BCUT2D eigenvalue weighted by atomic mass is 10.2. The lowest BCUT2D eigenvalue weighted by Gasteiger charge is -2.13. The molecule has 0 spiro atoms. The van der Waals surface area contributed by atoms with Crippen LogP contribution in [0.15, 0.2) is 45.9 Å². The van der Waals surface area contributed by atoms with Gasteiger partial charge in [0.05, 0.1) is 17.2 Å². The molecule has 0 saturated carbocycles. The van der Waals surface area contributed by atoms with Crippen molar-refractivity contribution < 1.29 is 12.8 Å². The zero-order valence-electron chi connectivity index (χ0n) is 10.8. The third kappa shape index (κ3) is 3.21. The van der Waals surface area contributed by atoms with Crippen LogP contribution in [0.3, 0.4) is 0 Å². The molecule has 0 aliphatic heterocycles. The number of nitrogens with one attached hydrogen (secondary N) is 1. The first-order chi connectivity index (χ1) is 9.44. The van der Waals surface area contributed by atoms with E-state index in [1.807, 2.05) is 0 Å². The van der Waals surface area contributed by atoms with Crippen molar-refractivity contribution in [3.05, 3.63) is 52.9 Å². The van der Waals surface area contributed by atoms with Gasteiger partial charge < -0.3 is 10.2 Å². The highest BCUT2D eigenvalue weighted by Crippen LogP contribution is 2.22. The first-order valence-electron chi connectivity index (χ1n) is 5.98. The van der Waals surface area contributed by atoms with Crippen molar-refractivity contribution in [2.24, 2.45) is 5.73 Å². The second-order valence-electron chi connectivity index (χ2n) is 4.32. The van der Waals surface area contributed by atoms with Crippen LogP contribution < -0.4 is 10.5 Å². The number of halogens is 1. The average Bonchev–Trinajstić information content (AvgIpc) is 2.92. The minimum Gasteiger partial charge on any atom is -0.468 e. The van der Waals surface area contributed by atoms with Gasteiger partial charge in [-0.3, -0.25) is 0 Å². The third-order valence-corrected chi connectivity index (χ3v) is 4.76. The van der Waals surface area contributed by atoms with E-state index >= 15 is 0 Å². The van der Waals surface area contributed by atoms with E-state index < -0.39 is 16.1 Å². The van der Waals surface area contributed by atoms with Crippen LogP contribution in [0.2, 0.25) is 5.02 Å². The van der Waals surface area contributed by atoms with Gasteiger partial charge in [0.25, 0.3) is 0 Å². The molecule has 2 rings (SSSR count). The van der Waals surface area contributed by atoms with Gasteiger partial charge in [-0.2, -0.15) is 0 Å². The van der Waals surface area contributed by atoms with E-state index in [0.717, 1.165) is 0 Å². The molecule has 0 fully saturated rings. The fourth-order valence-corrected chi connectivity index (χ4v) is 3.23. The van der Waals surface area contributed by atoms with Crippen LogP contribution >= 0.6 is 11.6 Å². The normalized spacial score (nSPS) is 13.3. The van der Waals surface area contributed by atoms with E-state index in [4.69, 9.17) is 21.8 Å². The van der Waals surface area contributed by atoms with E-state index in [1.165, 1.54) is 24.5 Å². The van der Waals surface area contributed by atoms with Crippen LogP contribution in [-0.4, -0.2) is 8.42 Å². The second-order valence-corrected chi connectivity index (χ2v) is 6.44. The van der Waals surface area contributed by atoms with Crippen molar-refractivity contribution in [2.45, 2.75) is 24.4 Å². The van der Waals surface area contributed by atoms with Crippen LogP contribution in [0.25, 0.3) is 0 Å². The van der Waals surface area contributed by atoms with Crippen LogP contribution in [0.1, 0.15) is 24.3 Å². The Kier molecular flexibility index (Phi) is 4.49. The molecule has 0 radical (unpaired) electrons. The molecule has 0 saturated heterocycles. The van der Waals surface area contributed by atoms with Gasteiger partial charge in [0, 0.05) is 11.6 Å². The fraction of sp³-hybridized carbons (Fsp3) is 0.231. The van der Waals surface area contributed by atoms with E-state index in [1.54, 1.807) is 19.1 Å². The maximum atomic E-state index is 12.3. The lowest BCUT2D eigenvalue weighted by molar-refractivity contribution is 0.459. The summed E-state index contributed by atoms with van der Waals surface area (Å²) in [6.45, 7) is 1.88. The minimum absolute atomic E-state index is 0.126. The topological polar surface area (TPSA) is 85.3 Å². The number of furan rings is 1. The zero-order chi connectivity index (χ0) is 14.8. The van der Waals surface area contributed by atoms with Crippen LogP contribution in [0.5, 0.6) is 0 Å². The Bertz CT molecular complexity index is 684. The van der Waals surface area contributed by atoms with Gasteiger partial charge in [0.15, 0.2) is 0 Å². The van der Waals surface area contributed by atoms with Crippen LogP contribution in [0.4, 0.5) is 0 Å². The van der Waals surface area contributed by atoms with Crippen molar-refractivity contribution in [3.8, 4) is 0 Å². The molecule has 0 aliphatic rings. The molecule has 1 unspecified atom stereocenters. The molecule has 1 atom stereocenters. The number of hydrogen-bond donors (Lipinski definition) is 2. The molecule has 108 valence electrons. The predicted molar refractivity (Wildman–Crippen MR) is 76.8 cm³/mol. The van der Waals surface area contributed by atoms with Gasteiger partial charge in [-0.15, -0.1) is 0 Å². The van der Waals surface area contributed by atoms with Gasteiger partial charge in [0.1, 0.15) is 5.76 Å². The van der Waals surface area contributed by atoms with E-state index in [-0.39, 0.29) is 11.4 Å². The highest BCUT2D eigenvalue weighted by Gasteiger charge is 2.20. The second kappa shape index (κ2) is 5.97. The Balaban J connectivity index is 2.26. The Morgan fingerprint density at radius 1 is 1.40 bits per heavy atom. The van der Waals surface area contributed by atoms with Gasteiger partial charge in [-0.25, -0.2) is 13.1 Å². The van der Waals surface area contributed by atoms with E-state index in [2.05, 4.69) is 4.72 Å². The summed E-state index contributed by atoms with van der Waals surface area (Å²) in [5.74, 6) is 0.543. The molecule has 7 heteroatoms. The molecule has 1 aromatic heterocycles. The highest BCUT2D eigenvalue weighted by molar-refractivity contribution is 7.89. The SMILES string of the molecule is CC(NS(=O)(=O)c1ccc(Cl)c(CN)c1)c1ccco1. The van der Waals surface area contributed by atoms with Crippen molar-refractivity contribution in [3.63, 3.8) is 0 Å². The monoisotopic (exact) mass is 314 g/mol.